The highest BCUT2D eigenvalue weighted by Crippen LogP contribution is 2.43. The Balaban J connectivity index is 2.00. The number of fused-ring (bicyclic) bond motifs is 3. The summed E-state index contributed by atoms with van der Waals surface area (Å²) in [6, 6.07) is 12.6. The summed E-state index contributed by atoms with van der Waals surface area (Å²) in [5.41, 5.74) is 1.45. The molecule has 1 aliphatic heterocycles. The maximum atomic E-state index is 13.7. The van der Waals surface area contributed by atoms with Gasteiger partial charge in [0.05, 0.1) is 34.2 Å². The van der Waals surface area contributed by atoms with Crippen LogP contribution in [0, 0.1) is 16.0 Å². The minimum absolute atomic E-state index is 0.0968. The van der Waals surface area contributed by atoms with Crippen molar-refractivity contribution in [3.8, 4) is 0 Å². The fourth-order valence-electron chi connectivity index (χ4n) is 4.46. The van der Waals surface area contributed by atoms with Crippen LogP contribution in [0.4, 0.5) is 11.6 Å². The lowest BCUT2D eigenvalue weighted by Crippen LogP contribution is -2.50. The molecule has 4 rings (SSSR count). The van der Waals surface area contributed by atoms with Crippen molar-refractivity contribution in [1.29, 1.82) is 0 Å². The van der Waals surface area contributed by atoms with Crippen molar-refractivity contribution in [1.82, 2.24) is 9.55 Å². The van der Waals surface area contributed by atoms with Gasteiger partial charge in [0.15, 0.2) is 5.92 Å². The average molecular weight is 450 g/mol. The molecule has 0 fully saturated rings. The molecule has 2 heterocycles. The number of ether oxygens (including phenoxy) is 1. The first kappa shape index (κ1) is 22.4. The molecule has 3 aromatic rings. The molecule has 1 aromatic heterocycles. The van der Waals surface area contributed by atoms with Gasteiger partial charge in [0.25, 0.3) is 5.69 Å². The minimum atomic E-state index is -1.27. The molecule has 1 amide bonds. The fraction of sp³-hybridized carbons (Fsp3) is 0.375. The number of benzene rings is 2. The van der Waals surface area contributed by atoms with Crippen molar-refractivity contribution >= 4 is 34.5 Å². The number of nitro groups is 1. The van der Waals surface area contributed by atoms with Crippen molar-refractivity contribution in [2.45, 2.75) is 39.2 Å². The number of esters is 1. The number of nitro benzene ring substituents is 1. The van der Waals surface area contributed by atoms with E-state index in [0.717, 1.165) is 19.3 Å². The van der Waals surface area contributed by atoms with E-state index in [1.54, 1.807) is 29.7 Å². The number of aromatic nitrogens is 2. The highest BCUT2D eigenvalue weighted by atomic mass is 16.6. The Labute approximate surface area is 191 Å². The second-order valence-electron chi connectivity index (χ2n) is 7.96. The third-order valence-corrected chi connectivity index (χ3v) is 5.92. The Hall–Kier alpha value is -3.75. The Morgan fingerprint density at radius 1 is 1.12 bits per heavy atom. The number of nitrogens with zero attached hydrogens (tertiary/aromatic N) is 4. The average Bonchev–Trinajstić information content (AvgIpc) is 3.19. The van der Waals surface area contributed by atoms with E-state index in [4.69, 9.17) is 9.72 Å². The van der Waals surface area contributed by atoms with Crippen LogP contribution in [0.2, 0.25) is 0 Å². The van der Waals surface area contributed by atoms with Gasteiger partial charge in [-0.2, -0.15) is 0 Å². The predicted octanol–water partition coefficient (Wildman–Crippen LogP) is 4.25. The Bertz CT molecular complexity index is 1200. The quantitative estimate of drug-likeness (QED) is 0.167. The van der Waals surface area contributed by atoms with Crippen LogP contribution in [0.25, 0.3) is 11.0 Å². The fourth-order valence-corrected chi connectivity index (χ4v) is 4.46. The molecule has 33 heavy (non-hydrogen) atoms. The number of hydrogen-bond donors (Lipinski definition) is 0. The van der Waals surface area contributed by atoms with E-state index >= 15 is 0 Å². The zero-order valence-electron chi connectivity index (χ0n) is 18.6. The maximum absolute atomic E-state index is 13.7. The molecule has 172 valence electrons. The topological polar surface area (TPSA) is 108 Å². The Morgan fingerprint density at radius 3 is 2.58 bits per heavy atom. The number of imidazole rings is 1. The normalized spacial score (nSPS) is 17.8. The molecule has 0 spiro atoms. The Kier molecular flexibility index (Phi) is 6.39. The zero-order valence-corrected chi connectivity index (χ0v) is 18.6. The summed E-state index contributed by atoms with van der Waals surface area (Å²) in [6.45, 7) is 4.23. The van der Waals surface area contributed by atoms with Crippen LogP contribution in [-0.4, -0.2) is 39.5 Å². The largest absolute Gasteiger partial charge is 0.465 e. The first-order chi connectivity index (χ1) is 16.0. The lowest BCUT2D eigenvalue weighted by atomic mass is 9.88. The number of carbonyl (C=O) groups excluding carboxylic acids is 2. The molecule has 2 aromatic carbocycles. The second kappa shape index (κ2) is 9.40. The van der Waals surface area contributed by atoms with E-state index in [1.165, 1.54) is 11.0 Å². The van der Waals surface area contributed by atoms with Gasteiger partial charge in [0.2, 0.25) is 11.9 Å². The standard InChI is InChI=1S/C24H26N4O5/c1-3-5-10-15-26-22(29)20(23(30)33-4-2)21(16-11-6-8-13-18(16)28(31)32)27-19-14-9-7-12-17(19)25-24(26)27/h6-9,11-14,20-21H,3-5,10,15H2,1-2H3/t20-,21-/m1/s1. The van der Waals surface area contributed by atoms with Gasteiger partial charge in [-0.3, -0.25) is 24.6 Å². The second-order valence-corrected chi connectivity index (χ2v) is 7.96. The van der Waals surface area contributed by atoms with Crippen LogP contribution in [0.5, 0.6) is 0 Å². The van der Waals surface area contributed by atoms with E-state index < -0.39 is 28.8 Å². The molecule has 2 atom stereocenters. The van der Waals surface area contributed by atoms with Crippen LogP contribution < -0.4 is 4.90 Å². The SMILES string of the molecule is CCCCCN1C(=O)[C@H](C(=O)OCC)[C@@H](c2ccccc2[N+](=O)[O-])n2c1nc1ccccc12. The van der Waals surface area contributed by atoms with Gasteiger partial charge in [-0.05, 0) is 25.5 Å². The summed E-state index contributed by atoms with van der Waals surface area (Å²) in [4.78, 5) is 44.5. The van der Waals surface area contributed by atoms with Gasteiger partial charge in [-0.1, -0.05) is 50.1 Å². The smallest absolute Gasteiger partial charge is 0.321 e. The number of rotatable bonds is 8. The highest BCUT2D eigenvalue weighted by molar-refractivity contribution is 6.08. The summed E-state index contributed by atoms with van der Waals surface area (Å²) >= 11 is 0. The highest BCUT2D eigenvalue weighted by Gasteiger charge is 2.49. The van der Waals surface area contributed by atoms with Gasteiger partial charge in [0.1, 0.15) is 0 Å². The molecule has 0 aliphatic carbocycles. The molecule has 1 aliphatic rings. The van der Waals surface area contributed by atoms with E-state index in [-0.39, 0.29) is 17.9 Å². The molecule has 0 radical (unpaired) electrons. The van der Waals surface area contributed by atoms with Crippen LogP contribution in [0.15, 0.2) is 48.5 Å². The monoisotopic (exact) mass is 450 g/mol. The van der Waals surface area contributed by atoms with E-state index in [1.807, 2.05) is 24.3 Å². The number of carbonyl (C=O) groups is 2. The lowest BCUT2D eigenvalue weighted by molar-refractivity contribution is -0.385. The van der Waals surface area contributed by atoms with Crippen molar-refractivity contribution in [3.63, 3.8) is 0 Å². The van der Waals surface area contributed by atoms with E-state index in [2.05, 4.69) is 6.92 Å². The first-order valence-corrected chi connectivity index (χ1v) is 11.2. The van der Waals surface area contributed by atoms with Gasteiger partial charge in [-0.15, -0.1) is 0 Å². The van der Waals surface area contributed by atoms with Crippen molar-refractivity contribution in [3.05, 3.63) is 64.2 Å². The number of para-hydroxylation sites is 3. The van der Waals surface area contributed by atoms with E-state index in [0.29, 0.717) is 23.5 Å². The maximum Gasteiger partial charge on any atom is 0.321 e. The van der Waals surface area contributed by atoms with Crippen molar-refractivity contribution in [2.24, 2.45) is 5.92 Å². The van der Waals surface area contributed by atoms with Crippen molar-refractivity contribution < 1.29 is 19.2 Å². The third-order valence-electron chi connectivity index (χ3n) is 5.92. The molecule has 9 nitrogen and oxygen atoms in total. The molecule has 0 saturated heterocycles. The summed E-state index contributed by atoms with van der Waals surface area (Å²) in [5.74, 6) is -2.02. The van der Waals surface area contributed by atoms with E-state index in [9.17, 15) is 19.7 Å². The molecule has 0 saturated carbocycles. The molecule has 0 bridgehead atoms. The molecule has 0 unspecified atom stereocenters. The zero-order chi connectivity index (χ0) is 23.5. The summed E-state index contributed by atoms with van der Waals surface area (Å²) in [5, 5.41) is 11.9. The van der Waals surface area contributed by atoms with Gasteiger partial charge >= 0.3 is 5.97 Å². The Morgan fingerprint density at radius 2 is 1.85 bits per heavy atom. The number of hydrogen-bond acceptors (Lipinski definition) is 6. The van der Waals surface area contributed by atoms with Crippen LogP contribution in [0.3, 0.4) is 0 Å². The van der Waals surface area contributed by atoms with Crippen LogP contribution in [0.1, 0.15) is 44.7 Å². The van der Waals surface area contributed by atoms with Gasteiger partial charge in [0, 0.05) is 12.6 Å². The minimum Gasteiger partial charge on any atom is -0.465 e. The predicted molar refractivity (Wildman–Crippen MR) is 123 cm³/mol. The van der Waals surface area contributed by atoms with Crippen molar-refractivity contribution in [2.75, 3.05) is 18.1 Å². The summed E-state index contributed by atoms with van der Waals surface area (Å²) < 4.78 is 7.08. The molecular formula is C24H26N4O5. The molecular weight excluding hydrogens is 424 g/mol. The lowest BCUT2D eigenvalue weighted by Gasteiger charge is -2.37. The summed E-state index contributed by atoms with van der Waals surface area (Å²) in [6.07, 6.45) is 2.64. The third kappa shape index (κ3) is 3.94. The number of amides is 1. The van der Waals surface area contributed by atoms with Gasteiger partial charge in [-0.25, -0.2) is 4.98 Å². The molecule has 9 heteroatoms. The number of unbranched alkanes of at least 4 members (excludes halogenated alkanes) is 2. The van der Waals surface area contributed by atoms with Crippen LogP contribution in [-0.2, 0) is 14.3 Å². The van der Waals surface area contributed by atoms with Crippen LogP contribution >= 0.6 is 0 Å². The molecule has 0 N–H and O–H groups in total. The first-order valence-electron chi connectivity index (χ1n) is 11.2. The van der Waals surface area contributed by atoms with Gasteiger partial charge < -0.3 is 9.30 Å². The number of anilines is 1. The summed E-state index contributed by atoms with van der Waals surface area (Å²) in [7, 11) is 0.